The Kier molecular flexibility index (Phi) is 4.76. The van der Waals surface area contributed by atoms with Crippen LogP contribution in [-0.4, -0.2) is 20.1 Å². The molecule has 0 saturated heterocycles. The van der Waals surface area contributed by atoms with Crippen molar-refractivity contribution in [1.29, 1.82) is 0 Å². The molecule has 2 aromatic carbocycles. The molecule has 4 nitrogen and oxygen atoms in total. The highest BCUT2D eigenvalue weighted by molar-refractivity contribution is 5.83. The summed E-state index contributed by atoms with van der Waals surface area (Å²) in [5.41, 5.74) is 2.40. The minimum Gasteiger partial charge on any atom is -0.497 e. The third-order valence-electron chi connectivity index (χ3n) is 7.83. The second kappa shape index (κ2) is 7.33. The molecule has 4 aliphatic carbocycles. The first kappa shape index (κ1) is 19.5. The molecule has 4 fully saturated rings. The number of carbonyl (C=O) groups is 1. The largest absolute Gasteiger partial charge is 0.497 e. The van der Waals surface area contributed by atoms with Crippen LogP contribution in [0.1, 0.15) is 49.7 Å². The Morgan fingerprint density at radius 2 is 1.67 bits per heavy atom. The molecule has 1 amide bonds. The zero-order valence-electron chi connectivity index (χ0n) is 17.9. The van der Waals surface area contributed by atoms with Crippen molar-refractivity contribution in [2.24, 2.45) is 17.3 Å². The molecule has 2 atom stereocenters. The minimum atomic E-state index is -0.219. The number of benzene rings is 2. The molecule has 158 valence electrons. The standard InChI is InChI=1S/C26H31NO3/c1-29-22-8-6-21(7-9-22)25-12-19-10-20(13-25)15-26(14-19,17-25)24(28)27-16-18-4-3-5-23(11-18)30-2/h3-9,11,19-20H,10,12-17H2,1-2H3,(H,27,28)/t19-,20-,25?,26?/m1/s1. The zero-order valence-corrected chi connectivity index (χ0v) is 17.9. The van der Waals surface area contributed by atoms with E-state index in [0.717, 1.165) is 36.3 Å². The summed E-state index contributed by atoms with van der Waals surface area (Å²) in [6, 6.07) is 16.6. The van der Waals surface area contributed by atoms with E-state index in [9.17, 15) is 4.79 Å². The molecule has 4 saturated carbocycles. The number of methoxy groups -OCH3 is 2. The van der Waals surface area contributed by atoms with Crippen LogP contribution in [0.3, 0.4) is 0 Å². The lowest BCUT2D eigenvalue weighted by atomic mass is 9.42. The summed E-state index contributed by atoms with van der Waals surface area (Å²) < 4.78 is 10.7. The Labute approximate surface area is 179 Å². The van der Waals surface area contributed by atoms with Crippen LogP contribution in [0.15, 0.2) is 48.5 Å². The van der Waals surface area contributed by atoms with Crippen molar-refractivity contribution >= 4 is 5.91 Å². The fraction of sp³-hybridized carbons (Fsp3) is 0.500. The van der Waals surface area contributed by atoms with E-state index in [1.165, 1.54) is 24.8 Å². The molecule has 4 heteroatoms. The number of carbonyl (C=O) groups excluding carboxylic acids is 1. The van der Waals surface area contributed by atoms with Gasteiger partial charge in [0.05, 0.1) is 19.6 Å². The molecule has 6 rings (SSSR count). The van der Waals surface area contributed by atoms with Gasteiger partial charge in [-0.15, -0.1) is 0 Å². The van der Waals surface area contributed by atoms with Gasteiger partial charge in [0.1, 0.15) is 11.5 Å². The van der Waals surface area contributed by atoms with Crippen LogP contribution in [0, 0.1) is 17.3 Å². The van der Waals surface area contributed by atoms with Crippen molar-refractivity contribution in [3.8, 4) is 11.5 Å². The lowest BCUT2D eigenvalue weighted by molar-refractivity contribution is -0.149. The Hall–Kier alpha value is -2.49. The lowest BCUT2D eigenvalue weighted by Gasteiger charge is -2.61. The molecule has 0 aromatic heterocycles. The van der Waals surface area contributed by atoms with Crippen molar-refractivity contribution in [3.05, 3.63) is 59.7 Å². The van der Waals surface area contributed by atoms with Gasteiger partial charge in [-0.2, -0.15) is 0 Å². The number of nitrogens with one attached hydrogen (secondary N) is 1. The summed E-state index contributed by atoms with van der Waals surface area (Å²) in [6.07, 6.45) is 6.81. The predicted molar refractivity (Wildman–Crippen MR) is 117 cm³/mol. The van der Waals surface area contributed by atoms with Gasteiger partial charge < -0.3 is 14.8 Å². The van der Waals surface area contributed by atoms with Crippen LogP contribution in [0.4, 0.5) is 0 Å². The minimum absolute atomic E-state index is 0.143. The molecule has 4 bridgehead atoms. The Bertz CT molecular complexity index is 922. The monoisotopic (exact) mass is 405 g/mol. The molecule has 0 unspecified atom stereocenters. The second-order valence-electron chi connectivity index (χ2n) is 9.78. The van der Waals surface area contributed by atoms with Crippen molar-refractivity contribution in [3.63, 3.8) is 0 Å². The number of hydrogen-bond donors (Lipinski definition) is 1. The Balaban J connectivity index is 1.37. The first-order valence-corrected chi connectivity index (χ1v) is 11.1. The SMILES string of the molecule is COc1ccc(C23C[C@H]4C[C@@H](CC(C(=O)NCc5cccc(OC)c5)(C4)C2)C3)cc1. The average molecular weight is 406 g/mol. The van der Waals surface area contributed by atoms with E-state index < -0.39 is 0 Å². The highest BCUT2D eigenvalue weighted by atomic mass is 16.5. The third kappa shape index (κ3) is 3.27. The summed E-state index contributed by atoms with van der Waals surface area (Å²) in [6.45, 7) is 0.558. The lowest BCUT2D eigenvalue weighted by Crippen LogP contribution is -2.59. The molecule has 30 heavy (non-hydrogen) atoms. The van der Waals surface area contributed by atoms with Crippen LogP contribution in [0.5, 0.6) is 11.5 Å². The highest BCUT2D eigenvalue weighted by Gasteiger charge is 2.60. The molecule has 2 aromatic rings. The van der Waals surface area contributed by atoms with E-state index in [1.54, 1.807) is 14.2 Å². The maximum Gasteiger partial charge on any atom is 0.226 e. The molecule has 1 N–H and O–H groups in total. The first-order valence-electron chi connectivity index (χ1n) is 11.1. The first-order chi connectivity index (χ1) is 14.5. The van der Waals surface area contributed by atoms with Crippen LogP contribution in [-0.2, 0) is 16.8 Å². The van der Waals surface area contributed by atoms with Crippen molar-refractivity contribution in [2.45, 2.75) is 50.5 Å². The van der Waals surface area contributed by atoms with Gasteiger partial charge in [0.2, 0.25) is 5.91 Å². The Morgan fingerprint density at radius 3 is 2.33 bits per heavy atom. The second-order valence-corrected chi connectivity index (χ2v) is 9.78. The van der Waals surface area contributed by atoms with E-state index in [0.29, 0.717) is 18.4 Å². The van der Waals surface area contributed by atoms with Crippen LogP contribution in [0.2, 0.25) is 0 Å². The summed E-state index contributed by atoms with van der Waals surface area (Å²) in [5, 5.41) is 3.28. The molecule has 0 aliphatic heterocycles. The molecule has 0 heterocycles. The number of hydrogen-bond acceptors (Lipinski definition) is 3. The fourth-order valence-electron chi connectivity index (χ4n) is 6.96. The van der Waals surface area contributed by atoms with Gasteiger partial charge in [-0.05, 0) is 91.2 Å². The van der Waals surface area contributed by atoms with Crippen molar-refractivity contribution in [2.75, 3.05) is 14.2 Å². The summed E-state index contributed by atoms with van der Waals surface area (Å²) >= 11 is 0. The van der Waals surface area contributed by atoms with Gasteiger partial charge in [0, 0.05) is 6.54 Å². The van der Waals surface area contributed by atoms with E-state index >= 15 is 0 Å². The normalized spacial score (nSPS) is 31.4. The van der Waals surface area contributed by atoms with Crippen molar-refractivity contribution < 1.29 is 14.3 Å². The quantitative estimate of drug-likeness (QED) is 0.747. The van der Waals surface area contributed by atoms with Gasteiger partial charge in [-0.25, -0.2) is 0 Å². The molecule has 0 radical (unpaired) electrons. The predicted octanol–water partition coefficient (Wildman–Crippen LogP) is 4.86. The summed E-state index contributed by atoms with van der Waals surface area (Å²) in [5.74, 6) is 3.30. The van der Waals surface area contributed by atoms with Gasteiger partial charge in [-0.1, -0.05) is 24.3 Å². The number of amides is 1. The highest BCUT2D eigenvalue weighted by Crippen LogP contribution is 2.65. The molecular weight excluding hydrogens is 374 g/mol. The van der Waals surface area contributed by atoms with Gasteiger partial charge in [-0.3, -0.25) is 4.79 Å². The Morgan fingerprint density at radius 1 is 0.967 bits per heavy atom. The maximum atomic E-state index is 13.5. The third-order valence-corrected chi connectivity index (χ3v) is 7.83. The van der Waals surface area contributed by atoms with Crippen LogP contribution >= 0.6 is 0 Å². The van der Waals surface area contributed by atoms with E-state index in [4.69, 9.17) is 9.47 Å². The van der Waals surface area contributed by atoms with Crippen LogP contribution in [0.25, 0.3) is 0 Å². The van der Waals surface area contributed by atoms with Gasteiger partial charge in [0.15, 0.2) is 0 Å². The summed E-state index contributed by atoms with van der Waals surface area (Å²) in [7, 11) is 3.38. The number of rotatable bonds is 6. The van der Waals surface area contributed by atoms with Crippen molar-refractivity contribution in [1.82, 2.24) is 5.32 Å². The number of ether oxygens (including phenoxy) is 2. The van der Waals surface area contributed by atoms with E-state index in [-0.39, 0.29) is 16.7 Å². The van der Waals surface area contributed by atoms with Crippen LogP contribution < -0.4 is 14.8 Å². The summed E-state index contributed by atoms with van der Waals surface area (Å²) in [4.78, 5) is 13.5. The smallest absolute Gasteiger partial charge is 0.226 e. The topological polar surface area (TPSA) is 47.6 Å². The van der Waals surface area contributed by atoms with Gasteiger partial charge >= 0.3 is 0 Å². The molecule has 4 aliphatic rings. The van der Waals surface area contributed by atoms with E-state index in [2.05, 4.69) is 29.6 Å². The van der Waals surface area contributed by atoms with Gasteiger partial charge in [0.25, 0.3) is 0 Å². The average Bonchev–Trinajstić information content (AvgIpc) is 2.76. The zero-order chi connectivity index (χ0) is 20.8. The van der Waals surface area contributed by atoms with E-state index in [1.807, 2.05) is 24.3 Å². The maximum absolute atomic E-state index is 13.5. The molecular formula is C26H31NO3. The molecule has 0 spiro atoms. The fourth-order valence-corrected chi connectivity index (χ4v) is 6.96.